The predicted molar refractivity (Wildman–Crippen MR) is 77.7 cm³/mol. The van der Waals surface area contributed by atoms with Crippen LogP contribution < -0.4 is 0 Å². The molecule has 1 unspecified atom stereocenters. The molecule has 0 saturated carbocycles. The SMILES string of the molecule is CCOC(=O)CC1(N2CCOCC2)CCN(C(C)C)C1. The number of esters is 1. The summed E-state index contributed by atoms with van der Waals surface area (Å²) in [4.78, 5) is 16.9. The Morgan fingerprint density at radius 3 is 2.55 bits per heavy atom. The van der Waals surface area contributed by atoms with Gasteiger partial charge in [-0.15, -0.1) is 0 Å². The highest BCUT2D eigenvalue weighted by Crippen LogP contribution is 2.33. The molecule has 116 valence electrons. The first-order valence-corrected chi connectivity index (χ1v) is 7.80. The summed E-state index contributed by atoms with van der Waals surface area (Å²) in [7, 11) is 0. The van der Waals surface area contributed by atoms with Gasteiger partial charge in [0.25, 0.3) is 0 Å². The van der Waals surface area contributed by atoms with Gasteiger partial charge in [0.2, 0.25) is 0 Å². The smallest absolute Gasteiger partial charge is 0.307 e. The van der Waals surface area contributed by atoms with Crippen molar-refractivity contribution in [3.05, 3.63) is 0 Å². The number of carbonyl (C=O) groups excluding carboxylic acids is 1. The summed E-state index contributed by atoms with van der Waals surface area (Å²) >= 11 is 0. The first-order chi connectivity index (χ1) is 9.57. The molecule has 0 aliphatic carbocycles. The minimum absolute atomic E-state index is 0.0553. The number of hydrogen-bond acceptors (Lipinski definition) is 5. The van der Waals surface area contributed by atoms with Crippen LogP contribution in [0.25, 0.3) is 0 Å². The molecule has 1 atom stereocenters. The zero-order valence-corrected chi connectivity index (χ0v) is 13.1. The Morgan fingerprint density at radius 1 is 1.30 bits per heavy atom. The van der Waals surface area contributed by atoms with E-state index in [1.807, 2.05) is 6.92 Å². The molecule has 0 radical (unpaired) electrons. The highest BCUT2D eigenvalue weighted by molar-refractivity contribution is 5.71. The Morgan fingerprint density at radius 2 is 2.00 bits per heavy atom. The Bertz CT molecular complexity index is 329. The molecule has 2 rings (SSSR count). The van der Waals surface area contributed by atoms with Crippen molar-refractivity contribution in [1.82, 2.24) is 9.80 Å². The van der Waals surface area contributed by atoms with E-state index in [1.165, 1.54) is 0 Å². The second-order valence-corrected chi connectivity index (χ2v) is 6.12. The van der Waals surface area contributed by atoms with Crippen LogP contribution in [-0.4, -0.2) is 73.3 Å². The topological polar surface area (TPSA) is 42.0 Å². The first kappa shape index (κ1) is 15.7. The van der Waals surface area contributed by atoms with Gasteiger partial charge in [-0.3, -0.25) is 14.6 Å². The molecule has 5 heteroatoms. The monoisotopic (exact) mass is 284 g/mol. The van der Waals surface area contributed by atoms with E-state index in [4.69, 9.17) is 9.47 Å². The largest absolute Gasteiger partial charge is 0.466 e. The Hall–Kier alpha value is -0.650. The maximum atomic E-state index is 12.0. The Labute approximate surface area is 122 Å². The van der Waals surface area contributed by atoms with Gasteiger partial charge in [0.1, 0.15) is 0 Å². The number of rotatable bonds is 5. The van der Waals surface area contributed by atoms with Gasteiger partial charge in [-0.25, -0.2) is 0 Å². The zero-order chi connectivity index (χ0) is 14.6. The number of ether oxygens (including phenoxy) is 2. The van der Waals surface area contributed by atoms with Crippen LogP contribution in [0.3, 0.4) is 0 Å². The summed E-state index contributed by atoms with van der Waals surface area (Å²) in [6, 6.07) is 0.528. The molecule has 0 aromatic heterocycles. The minimum Gasteiger partial charge on any atom is -0.466 e. The van der Waals surface area contributed by atoms with Crippen molar-refractivity contribution in [2.75, 3.05) is 46.0 Å². The summed E-state index contributed by atoms with van der Waals surface area (Å²) in [5, 5.41) is 0. The number of nitrogens with zero attached hydrogens (tertiary/aromatic N) is 2. The third kappa shape index (κ3) is 3.51. The fourth-order valence-electron chi connectivity index (χ4n) is 3.36. The standard InChI is InChI=1S/C15H28N2O3/c1-4-20-14(18)11-15(17-7-9-19-10-8-17)5-6-16(12-15)13(2)3/h13H,4-12H2,1-3H3. The molecule has 0 spiro atoms. The Balaban J connectivity index is 2.09. The average Bonchev–Trinajstić information content (AvgIpc) is 2.86. The van der Waals surface area contributed by atoms with E-state index in [9.17, 15) is 4.79 Å². The second-order valence-electron chi connectivity index (χ2n) is 6.12. The van der Waals surface area contributed by atoms with Crippen molar-refractivity contribution in [1.29, 1.82) is 0 Å². The van der Waals surface area contributed by atoms with Crippen LogP contribution in [0.4, 0.5) is 0 Å². The van der Waals surface area contributed by atoms with Crippen LogP contribution in [0.1, 0.15) is 33.6 Å². The van der Waals surface area contributed by atoms with Crippen molar-refractivity contribution < 1.29 is 14.3 Å². The summed E-state index contributed by atoms with van der Waals surface area (Å²) in [5.41, 5.74) is -0.0553. The fourth-order valence-corrected chi connectivity index (χ4v) is 3.36. The quantitative estimate of drug-likeness (QED) is 0.708. The van der Waals surface area contributed by atoms with Crippen molar-refractivity contribution in [2.45, 2.75) is 45.2 Å². The van der Waals surface area contributed by atoms with E-state index in [-0.39, 0.29) is 11.5 Å². The Kier molecular flexibility index (Phi) is 5.41. The van der Waals surface area contributed by atoms with E-state index < -0.39 is 0 Å². The molecule has 2 fully saturated rings. The summed E-state index contributed by atoms with van der Waals surface area (Å²) in [6.45, 7) is 12.2. The van der Waals surface area contributed by atoms with Crippen molar-refractivity contribution in [3.63, 3.8) is 0 Å². The van der Waals surface area contributed by atoms with Gasteiger partial charge in [0.05, 0.1) is 26.2 Å². The second kappa shape index (κ2) is 6.87. The molecule has 5 nitrogen and oxygen atoms in total. The van der Waals surface area contributed by atoms with Gasteiger partial charge in [0, 0.05) is 37.8 Å². The van der Waals surface area contributed by atoms with E-state index in [0.717, 1.165) is 45.8 Å². The molecule has 0 aromatic rings. The van der Waals surface area contributed by atoms with E-state index in [2.05, 4.69) is 23.6 Å². The number of likely N-dealkylation sites (tertiary alicyclic amines) is 1. The maximum Gasteiger partial charge on any atom is 0.307 e. The fraction of sp³-hybridized carbons (Fsp3) is 0.933. The first-order valence-electron chi connectivity index (χ1n) is 7.80. The lowest BCUT2D eigenvalue weighted by atomic mass is 9.91. The molecular formula is C15H28N2O3. The summed E-state index contributed by atoms with van der Waals surface area (Å²) < 4.78 is 10.7. The van der Waals surface area contributed by atoms with Crippen LogP contribution in [0, 0.1) is 0 Å². The molecule has 2 heterocycles. The van der Waals surface area contributed by atoms with Crippen LogP contribution in [0.2, 0.25) is 0 Å². The lowest BCUT2D eigenvalue weighted by molar-refractivity contribution is -0.147. The molecule has 0 bridgehead atoms. The van der Waals surface area contributed by atoms with Crippen molar-refractivity contribution in [2.24, 2.45) is 0 Å². The lowest BCUT2D eigenvalue weighted by Crippen LogP contribution is -2.56. The van der Waals surface area contributed by atoms with E-state index in [1.54, 1.807) is 0 Å². The zero-order valence-electron chi connectivity index (χ0n) is 13.1. The minimum atomic E-state index is -0.0652. The molecule has 0 aromatic carbocycles. The van der Waals surface area contributed by atoms with Crippen molar-refractivity contribution >= 4 is 5.97 Å². The van der Waals surface area contributed by atoms with Gasteiger partial charge in [-0.05, 0) is 27.2 Å². The molecule has 0 amide bonds. The van der Waals surface area contributed by atoms with Gasteiger partial charge >= 0.3 is 5.97 Å². The highest BCUT2D eigenvalue weighted by Gasteiger charge is 2.45. The third-order valence-electron chi connectivity index (χ3n) is 4.55. The van der Waals surface area contributed by atoms with Gasteiger partial charge in [0.15, 0.2) is 0 Å². The molecular weight excluding hydrogens is 256 g/mol. The molecule has 0 N–H and O–H groups in total. The number of morpholine rings is 1. The van der Waals surface area contributed by atoms with E-state index in [0.29, 0.717) is 19.1 Å². The molecule has 20 heavy (non-hydrogen) atoms. The summed E-state index contributed by atoms with van der Waals surface area (Å²) in [6.07, 6.45) is 1.55. The third-order valence-corrected chi connectivity index (χ3v) is 4.55. The van der Waals surface area contributed by atoms with Crippen molar-refractivity contribution in [3.8, 4) is 0 Å². The summed E-state index contributed by atoms with van der Waals surface area (Å²) in [5.74, 6) is -0.0652. The normalized spacial score (nSPS) is 29.0. The van der Waals surface area contributed by atoms with Crippen LogP contribution >= 0.6 is 0 Å². The van der Waals surface area contributed by atoms with Crippen LogP contribution in [-0.2, 0) is 14.3 Å². The number of hydrogen-bond donors (Lipinski definition) is 0. The van der Waals surface area contributed by atoms with Gasteiger partial charge in [-0.2, -0.15) is 0 Å². The average molecular weight is 284 g/mol. The van der Waals surface area contributed by atoms with Gasteiger partial charge < -0.3 is 9.47 Å². The number of carbonyl (C=O) groups is 1. The highest BCUT2D eigenvalue weighted by atomic mass is 16.5. The molecule has 2 saturated heterocycles. The van der Waals surface area contributed by atoms with E-state index >= 15 is 0 Å². The lowest BCUT2D eigenvalue weighted by Gasteiger charge is -2.43. The molecule has 2 aliphatic heterocycles. The van der Waals surface area contributed by atoms with Crippen LogP contribution in [0.5, 0.6) is 0 Å². The van der Waals surface area contributed by atoms with Crippen LogP contribution in [0.15, 0.2) is 0 Å². The molecule has 2 aliphatic rings. The maximum absolute atomic E-state index is 12.0. The predicted octanol–water partition coefficient (Wildman–Crippen LogP) is 1.12. The van der Waals surface area contributed by atoms with Gasteiger partial charge in [-0.1, -0.05) is 0 Å².